The number of sulfonamides is 1. The van der Waals surface area contributed by atoms with Crippen LogP contribution in [-0.4, -0.2) is 19.2 Å². The van der Waals surface area contributed by atoms with Crippen molar-refractivity contribution in [1.82, 2.24) is 4.98 Å². The summed E-state index contributed by atoms with van der Waals surface area (Å²) in [5.74, 6) is 0.0171. The third kappa shape index (κ3) is 4.82. The fourth-order valence-corrected chi connectivity index (χ4v) is 3.48. The maximum atomic E-state index is 12.2. The quantitative estimate of drug-likeness (QED) is 0.849. The summed E-state index contributed by atoms with van der Waals surface area (Å²) in [5.41, 5.74) is 2.38. The molecule has 0 aliphatic heterocycles. The van der Waals surface area contributed by atoms with E-state index in [2.05, 4.69) is 25.6 Å². The summed E-state index contributed by atoms with van der Waals surface area (Å²) in [5, 5.41) is 0. The Morgan fingerprint density at radius 3 is 2.71 bits per heavy atom. The molecule has 0 atom stereocenters. The van der Waals surface area contributed by atoms with E-state index in [1.54, 1.807) is 12.3 Å². The summed E-state index contributed by atoms with van der Waals surface area (Å²) in [6.07, 6.45) is 2.82. The average Bonchev–Trinajstić information content (AvgIpc) is 2.48. The van der Waals surface area contributed by atoms with Crippen LogP contribution in [0.3, 0.4) is 0 Å². The zero-order chi connectivity index (χ0) is 15.3. The number of halogens is 1. The molecule has 1 aromatic heterocycles. The van der Waals surface area contributed by atoms with Gasteiger partial charge in [0.25, 0.3) is 0 Å². The molecule has 0 aliphatic rings. The molecule has 0 fully saturated rings. The van der Waals surface area contributed by atoms with Gasteiger partial charge < -0.3 is 0 Å². The van der Waals surface area contributed by atoms with Gasteiger partial charge in [0.2, 0.25) is 10.0 Å². The highest BCUT2D eigenvalue weighted by Crippen LogP contribution is 2.22. The SMILES string of the molecule is CCc1cc(Br)ccc1NS(=O)(=O)CCc1ccccn1. The maximum absolute atomic E-state index is 12.2. The lowest BCUT2D eigenvalue weighted by Gasteiger charge is -2.12. The Kier molecular flexibility index (Phi) is 5.36. The maximum Gasteiger partial charge on any atom is 0.233 e. The molecule has 0 unspecified atom stereocenters. The second kappa shape index (κ2) is 7.04. The van der Waals surface area contributed by atoms with E-state index in [-0.39, 0.29) is 5.75 Å². The first-order valence-corrected chi connectivity index (χ1v) is 9.13. The van der Waals surface area contributed by atoms with Gasteiger partial charge in [0.15, 0.2) is 0 Å². The van der Waals surface area contributed by atoms with Gasteiger partial charge in [0.1, 0.15) is 0 Å². The molecule has 0 amide bonds. The summed E-state index contributed by atoms with van der Waals surface area (Å²) in [6.45, 7) is 1.99. The van der Waals surface area contributed by atoms with Crippen molar-refractivity contribution < 1.29 is 8.42 Å². The van der Waals surface area contributed by atoms with Crippen LogP contribution >= 0.6 is 15.9 Å². The van der Waals surface area contributed by atoms with Crippen LogP contribution in [0.5, 0.6) is 0 Å². The van der Waals surface area contributed by atoms with E-state index in [4.69, 9.17) is 0 Å². The molecular weight excluding hydrogens is 352 g/mol. The van der Waals surface area contributed by atoms with Crippen molar-refractivity contribution in [3.63, 3.8) is 0 Å². The van der Waals surface area contributed by atoms with Gasteiger partial charge in [-0.1, -0.05) is 28.9 Å². The van der Waals surface area contributed by atoms with Crippen LogP contribution in [0.25, 0.3) is 0 Å². The monoisotopic (exact) mass is 368 g/mol. The minimum Gasteiger partial charge on any atom is -0.283 e. The molecule has 2 aromatic rings. The fraction of sp³-hybridized carbons (Fsp3) is 0.267. The van der Waals surface area contributed by atoms with Crippen molar-refractivity contribution in [2.24, 2.45) is 0 Å². The number of pyridine rings is 1. The topological polar surface area (TPSA) is 59.1 Å². The van der Waals surface area contributed by atoms with Crippen LogP contribution in [0, 0.1) is 0 Å². The number of nitrogens with one attached hydrogen (secondary N) is 1. The number of hydrogen-bond acceptors (Lipinski definition) is 3. The number of aromatic nitrogens is 1. The molecule has 0 radical (unpaired) electrons. The molecular formula is C15H17BrN2O2S. The van der Waals surface area contributed by atoms with E-state index in [1.165, 1.54) is 0 Å². The molecule has 21 heavy (non-hydrogen) atoms. The lowest BCUT2D eigenvalue weighted by molar-refractivity contribution is 0.600. The van der Waals surface area contributed by atoms with E-state index in [0.29, 0.717) is 12.1 Å². The number of rotatable bonds is 6. The highest BCUT2D eigenvalue weighted by Gasteiger charge is 2.13. The molecule has 0 bridgehead atoms. The van der Waals surface area contributed by atoms with Gasteiger partial charge in [-0.15, -0.1) is 0 Å². The Bertz CT molecular complexity index is 703. The van der Waals surface area contributed by atoms with Gasteiger partial charge in [-0.2, -0.15) is 0 Å². The normalized spacial score (nSPS) is 11.3. The number of benzene rings is 1. The van der Waals surface area contributed by atoms with E-state index < -0.39 is 10.0 Å². The zero-order valence-electron chi connectivity index (χ0n) is 11.7. The van der Waals surface area contributed by atoms with Crippen LogP contribution < -0.4 is 4.72 Å². The number of nitrogens with zero attached hydrogens (tertiary/aromatic N) is 1. The average molecular weight is 369 g/mol. The van der Waals surface area contributed by atoms with Crippen molar-refractivity contribution in [2.75, 3.05) is 10.5 Å². The molecule has 0 spiro atoms. The van der Waals surface area contributed by atoms with Gasteiger partial charge in [-0.3, -0.25) is 9.71 Å². The van der Waals surface area contributed by atoms with E-state index >= 15 is 0 Å². The van der Waals surface area contributed by atoms with Crippen LogP contribution in [0.15, 0.2) is 47.1 Å². The van der Waals surface area contributed by atoms with Gasteiger partial charge in [-0.05, 0) is 42.3 Å². The van der Waals surface area contributed by atoms with Gasteiger partial charge in [0.05, 0.1) is 11.4 Å². The Hall–Kier alpha value is -1.40. The molecule has 0 aliphatic carbocycles. The van der Waals surface area contributed by atoms with Crippen LogP contribution in [0.4, 0.5) is 5.69 Å². The molecule has 2 rings (SSSR count). The van der Waals surface area contributed by atoms with Crippen molar-refractivity contribution in [2.45, 2.75) is 19.8 Å². The van der Waals surface area contributed by atoms with Crippen LogP contribution in [0.1, 0.15) is 18.2 Å². The first kappa shape index (κ1) is 16.0. The van der Waals surface area contributed by atoms with Gasteiger partial charge in [0, 0.05) is 22.8 Å². The largest absolute Gasteiger partial charge is 0.283 e. The lowest BCUT2D eigenvalue weighted by atomic mass is 10.1. The molecule has 4 nitrogen and oxygen atoms in total. The summed E-state index contributed by atoms with van der Waals surface area (Å²) in [4.78, 5) is 4.14. The summed E-state index contributed by atoms with van der Waals surface area (Å²) in [7, 11) is -3.38. The smallest absolute Gasteiger partial charge is 0.233 e. The highest BCUT2D eigenvalue weighted by molar-refractivity contribution is 9.10. The standard InChI is InChI=1S/C15H17BrN2O2S/c1-2-12-11-13(16)6-7-15(12)18-21(19,20)10-8-14-5-3-4-9-17-14/h3-7,9,11,18H,2,8,10H2,1H3. The van der Waals surface area contributed by atoms with Crippen molar-refractivity contribution in [1.29, 1.82) is 0 Å². The summed E-state index contributed by atoms with van der Waals surface area (Å²) in [6, 6.07) is 11.0. The second-order valence-corrected chi connectivity index (χ2v) is 7.40. The second-order valence-electron chi connectivity index (χ2n) is 4.65. The van der Waals surface area contributed by atoms with Crippen LogP contribution in [0.2, 0.25) is 0 Å². The Balaban J connectivity index is 2.07. The molecule has 6 heteroatoms. The van der Waals surface area contributed by atoms with Crippen LogP contribution in [-0.2, 0) is 22.9 Å². The predicted octanol–water partition coefficient (Wildman–Crippen LogP) is 3.39. The molecule has 1 N–H and O–H groups in total. The number of hydrogen-bond donors (Lipinski definition) is 1. The fourth-order valence-electron chi connectivity index (χ4n) is 1.96. The number of aryl methyl sites for hydroxylation is 2. The Labute approximate surface area is 133 Å². The van der Waals surface area contributed by atoms with Crippen molar-refractivity contribution in [3.05, 3.63) is 58.3 Å². The number of anilines is 1. The van der Waals surface area contributed by atoms with Crippen molar-refractivity contribution in [3.8, 4) is 0 Å². The van der Waals surface area contributed by atoms with E-state index in [9.17, 15) is 8.42 Å². The zero-order valence-corrected chi connectivity index (χ0v) is 14.1. The van der Waals surface area contributed by atoms with E-state index in [0.717, 1.165) is 22.2 Å². The van der Waals surface area contributed by atoms with Crippen molar-refractivity contribution >= 4 is 31.6 Å². The third-order valence-electron chi connectivity index (χ3n) is 3.07. The van der Waals surface area contributed by atoms with Gasteiger partial charge in [-0.25, -0.2) is 8.42 Å². The first-order chi connectivity index (χ1) is 10.00. The third-order valence-corrected chi connectivity index (χ3v) is 4.83. The first-order valence-electron chi connectivity index (χ1n) is 6.69. The summed E-state index contributed by atoms with van der Waals surface area (Å²) < 4.78 is 28.0. The molecule has 112 valence electrons. The molecule has 1 heterocycles. The highest BCUT2D eigenvalue weighted by atomic mass is 79.9. The summed E-state index contributed by atoms with van der Waals surface area (Å²) >= 11 is 3.39. The minimum absolute atomic E-state index is 0.0171. The van der Waals surface area contributed by atoms with Gasteiger partial charge >= 0.3 is 0 Å². The minimum atomic E-state index is -3.38. The van der Waals surface area contributed by atoms with E-state index in [1.807, 2.05) is 37.3 Å². The predicted molar refractivity (Wildman–Crippen MR) is 88.9 cm³/mol. The lowest BCUT2D eigenvalue weighted by Crippen LogP contribution is -2.19. The Morgan fingerprint density at radius 1 is 1.24 bits per heavy atom. The molecule has 0 saturated heterocycles. The Morgan fingerprint density at radius 2 is 2.05 bits per heavy atom. The molecule has 1 aromatic carbocycles. The molecule has 0 saturated carbocycles.